The Morgan fingerprint density at radius 2 is 1.77 bits per heavy atom. The molecule has 1 N–H and O–H groups in total. The van der Waals surface area contributed by atoms with E-state index < -0.39 is 10.0 Å². The highest BCUT2D eigenvalue weighted by molar-refractivity contribution is 7.89. The largest absolute Gasteiger partial charge is 0.492 e. The van der Waals surface area contributed by atoms with Crippen LogP contribution in [0.5, 0.6) is 5.75 Å². The van der Waals surface area contributed by atoms with Gasteiger partial charge < -0.3 is 10.1 Å². The maximum atomic E-state index is 12.7. The molecule has 1 heterocycles. The number of amides is 1. The zero-order valence-corrected chi connectivity index (χ0v) is 18.3. The highest BCUT2D eigenvalue weighted by Gasteiger charge is 2.25. The molecule has 1 saturated heterocycles. The summed E-state index contributed by atoms with van der Waals surface area (Å²) in [5.74, 6) is 0.587. The number of ether oxygens (including phenoxy) is 1. The van der Waals surface area contributed by atoms with Gasteiger partial charge in [-0.25, -0.2) is 8.42 Å². The minimum absolute atomic E-state index is 0.135. The first-order valence-corrected chi connectivity index (χ1v) is 11.9. The molecule has 0 spiro atoms. The van der Waals surface area contributed by atoms with Crippen LogP contribution in [0.4, 0.5) is 5.69 Å². The van der Waals surface area contributed by atoms with Crippen LogP contribution in [0.1, 0.15) is 29.8 Å². The number of hydrogen-bond acceptors (Lipinski definition) is 5. The number of piperazine rings is 1. The van der Waals surface area contributed by atoms with Gasteiger partial charge in [0.15, 0.2) is 0 Å². The van der Waals surface area contributed by atoms with Crippen LogP contribution in [0.3, 0.4) is 0 Å². The second-order valence-electron chi connectivity index (χ2n) is 7.16. The first-order valence-electron chi connectivity index (χ1n) is 10.2. The van der Waals surface area contributed by atoms with Crippen LogP contribution < -0.4 is 10.1 Å². The van der Waals surface area contributed by atoms with Crippen molar-refractivity contribution in [3.8, 4) is 5.75 Å². The number of rotatable bonds is 8. The van der Waals surface area contributed by atoms with Gasteiger partial charge in [0, 0.05) is 38.3 Å². The maximum Gasteiger partial charge on any atom is 0.255 e. The molecule has 0 unspecified atom stereocenters. The monoisotopic (exact) mass is 431 g/mol. The van der Waals surface area contributed by atoms with Gasteiger partial charge in [-0.1, -0.05) is 24.3 Å². The SMILES string of the molecule is CCOc1ccccc1NC(=O)c1cccc(CN2CCN(S(=O)(=O)CC)CC2)c1. The number of sulfonamides is 1. The Kier molecular flexibility index (Phi) is 7.47. The van der Waals surface area contributed by atoms with E-state index in [4.69, 9.17) is 4.74 Å². The molecule has 7 nitrogen and oxygen atoms in total. The standard InChI is InChI=1S/C22H29N3O4S/c1-3-29-21-11-6-5-10-20(21)23-22(26)19-9-7-8-18(16-19)17-24-12-14-25(15-13-24)30(27,28)4-2/h5-11,16H,3-4,12-15,17H2,1-2H3,(H,23,26). The molecular weight excluding hydrogens is 402 g/mol. The Bertz CT molecular complexity index is 970. The summed E-state index contributed by atoms with van der Waals surface area (Å²) in [6.07, 6.45) is 0. The van der Waals surface area contributed by atoms with Crippen LogP contribution in [-0.4, -0.2) is 62.1 Å². The topological polar surface area (TPSA) is 79.0 Å². The molecule has 2 aromatic rings. The van der Waals surface area contributed by atoms with Gasteiger partial charge in [0.25, 0.3) is 5.91 Å². The number of nitrogens with zero attached hydrogens (tertiary/aromatic N) is 2. The molecule has 30 heavy (non-hydrogen) atoms. The second-order valence-corrected chi connectivity index (χ2v) is 9.42. The van der Waals surface area contributed by atoms with Crippen LogP contribution >= 0.6 is 0 Å². The van der Waals surface area contributed by atoms with Crippen molar-refractivity contribution in [3.05, 3.63) is 59.7 Å². The van der Waals surface area contributed by atoms with Gasteiger partial charge in [-0.05, 0) is 43.7 Å². The molecule has 3 rings (SSSR count). The van der Waals surface area contributed by atoms with Gasteiger partial charge in [-0.3, -0.25) is 9.69 Å². The van der Waals surface area contributed by atoms with Crippen LogP contribution in [-0.2, 0) is 16.6 Å². The smallest absolute Gasteiger partial charge is 0.255 e. The zero-order valence-electron chi connectivity index (χ0n) is 17.5. The predicted octanol–water partition coefficient (Wildman–Crippen LogP) is 2.80. The Morgan fingerprint density at radius 1 is 1.03 bits per heavy atom. The van der Waals surface area contributed by atoms with Gasteiger partial charge in [-0.15, -0.1) is 0 Å². The summed E-state index contributed by atoms with van der Waals surface area (Å²) < 4.78 is 31.1. The third-order valence-corrected chi connectivity index (χ3v) is 7.00. The van der Waals surface area contributed by atoms with Crippen molar-refractivity contribution < 1.29 is 17.9 Å². The van der Waals surface area contributed by atoms with E-state index in [9.17, 15) is 13.2 Å². The average molecular weight is 432 g/mol. The summed E-state index contributed by atoms with van der Waals surface area (Å²) in [5, 5.41) is 2.92. The van der Waals surface area contributed by atoms with Crippen molar-refractivity contribution in [1.82, 2.24) is 9.21 Å². The number of carbonyl (C=O) groups is 1. The Labute approximate surface area is 178 Å². The van der Waals surface area contributed by atoms with Crippen molar-refractivity contribution in [3.63, 3.8) is 0 Å². The summed E-state index contributed by atoms with van der Waals surface area (Å²) >= 11 is 0. The van der Waals surface area contributed by atoms with Gasteiger partial charge in [0.1, 0.15) is 5.75 Å². The van der Waals surface area contributed by atoms with Crippen LogP contribution in [0.2, 0.25) is 0 Å². The molecule has 0 atom stereocenters. The lowest BCUT2D eigenvalue weighted by Crippen LogP contribution is -2.48. The Balaban J connectivity index is 1.62. The summed E-state index contributed by atoms with van der Waals surface area (Å²) in [7, 11) is -3.13. The molecular formula is C22H29N3O4S. The van der Waals surface area contributed by atoms with Gasteiger partial charge in [-0.2, -0.15) is 4.31 Å². The fourth-order valence-electron chi connectivity index (χ4n) is 3.46. The molecule has 1 fully saturated rings. The molecule has 2 aromatic carbocycles. The molecule has 0 bridgehead atoms. The van der Waals surface area contributed by atoms with Crippen molar-refractivity contribution >= 4 is 21.6 Å². The summed E-state index contributed by atoms with van der Waals surface area (Å²) in [6, 6.07) is 14.9. The highest BCUT2D eigenvalue weighted by atomic mass is 32.2. The second kappa shape index (κ2) is 10.1. The van der Waals surface area contributed by atoms with E-state index in [1.165, 1.54) is 0 Å². The van der Waals surface area contributed by atoms with E-state index >= 15 is 0 Å². The van der Waals surface area contributed by atoms with Gasteiger partial charge in [0.05, 0.1) is 18.0 Å². The molecule has 0 aliphatic carbocycles. The third-order valence-electron chi connectivity index (χ3n) is 5.12. The van der Waals surface area contributed by atoms with Crippen LogP contribution in [0.25, 0.3) is 0 Å². The van der Waals surface area contributed by atoms with Gasteiger partial charge >= 0.3 is 0 Å². The highest BCUT2D eigenvalue weighted by Crippen LogP contribution is 2.24. The van der Waals surface area contributed by atoms with E-state index in [0.29, 0.717) is 56.3 Å². The van der Waals surface area contributed by atoms with Crippen molar-refractivity contribution in [2.45, 2.75) is 20.4 Å². The minimum atomic E-state index is -3.13. The molecule has 1 aliphatic heterocycles. The van der Waals surface area contributed by atoms with Crippen molar-refractivity contribution in [2.24, 2.45) is 0 Å². The number of anilines is 1. The molecule has 8 heteroatoms. The first kappa shape index (κ1) is 22.3. The summed E-state index contributed by atoms with van der Waals surface area (Å²) in [4.78, 5) is 15.0. The van der Waals surface area contributed by atoms with E-state index in [0.717, 1.165) is 5.56 Å². The zero-order chi connectivity index (χ0) is 21.6. The quantitative estimate of drug-likeness (QED) is 0.695. The summed E-state index contributed by atoms with van der Waals surface area (Å²) in [6.45, 7) is 7.14. The molecule has 1 amide bonds. The molecule has 0 radical (unpaired) electrons. The lowest BCUT2D eigenvalue weighted by Gasteiger charge is -2.33. The number of carbonyl (C=O) groups excluding carboxylic acids is 1. The average Bonchev–Trinajstić information content (AvgIpc) is 2.76. The van der Waals surface area contributed by atoms with E-state index in [1.54, 1.807) is 17.3 Å². The maximum absolute atomic E-state index is 12.7. The van der Waals surface area contributed by atoms with E-state index in [1.807, 2.05) is 49.4 Å². The van der Waals surface area contributed by atoms with E-state index in [2.05, 4.69) is 10.2 Å². The lowest BCUT2D eigenvalue weighted by atomic mass is 10.1. The van der Waals surface area contributed by atoms with Gasteiger partial charge in [0.2, 0.25) is 10.0 Å². The van der Waals surface area contributed by atoms with Crippen molar-refractivity contribution in [2.75, 3.05) is 43.9 Å². The molecule has 162 valence electrons. The lowest BCUT2D eigenvalue weighted by molar-refractivity contribution is 0.102. The Hall–Kier alpha value is -2.42. The predicted molar refractivity (Wildman–Crippen MR) is 118 cm³/mol. The van der Waals surface area contributed by atoms with E-state index in [-0.39, 0.29) is 11.7 Å². The first-order chi connectivity index (χ1) is 14.4. The fraction of sp³-hybridized carbons (Fsp3) is 0.409. The summed E-state index contributed by atoms with van der Waals surface area (Å²) in [5.41, 5.74) is 2.24. The fourth-order valence-corrected chi connectivity index (χ4v) is 4.55. The molecule has 0 saturated carbocycles. The third kappa shape index (κ3) is 5.59. The van der Waals surface area contributed by atoms with Crippen LogP contribution in [0, 0.1) is 0 Å². The number of para-hydroxylation sites is 2. The number of nitrogens with one attached hydrogen (secondary N) is 1. The normalized spacial score (nSPS) is 15.7. The Morgan fingerprint density at radius 3 is 2.47 bits per heavy atom. The van der Waals surface area contributed by atoms with Crippen LogP contribution in [0.15, 0.2) is 48.5 Å². The number of hydrogen-bond donors (Lipinski definition) is 1. The van der Waals surface area contributed by atoms with Crippen molar-refractivity contribution in [1.29, 1.82) is 0 Å². The molecule has 0 aromatic heterocycles. The molecule has 1 aliphatic rings. The number of benzene rings is 2. The minimum Gasteiger partial charge on any atom is -0.492 e.